The van der Waals surface area contributed by atoms with Crippen molar-refractivity contribution in [1.82, 2.24) is 9.55 Å². The van der Waals surface area contributed by atoms with Crippen molar-refractivity contribution >= 4 is 0 Å². The zero-order valence-corrected chi connectivity index (χ0v) is 11.1. The molecular weight excluding hydrogens is 224 g/mol. The molecule has 1 aromatic rings. The van der Waals surface area contributed by atoms with E-state index in [1.807, 2.05) is 4.57 Å². The first-order valence-electron chi connectivity index (χ1n) is 7.48. The molecule has 0 amide bonds. The van der Waals surface area contributed by atoms with Gasteiger partial charge in [0.25, 0.3) is 5.56 Å². The van der Waals surface area contributed by atoms with Gasteiger partial charge in [-0.25, -0.2) is 4.98 Å². The van der Waals surface area contributed by atoms with E-state index in [0.29, 0.717) is 0 Å². The van der Waals surface area contributed by atoms with Gasteiger partial charge in [-0.3, -0.25) is 9.36 Å². The Morgan fingerprint density at radius 1 is 0.833 bits per heavy atom. The standard InChI is InChI=1S/C15H22N2O/c18-15-12-8-4-3-5-9-13(12)16-14-10-6-1-2-7-11-17(14)15/h1-11H2. The van der Waals surface area contributed by atoms with Crippen molar-refractivity contribution < 1.29 is 0 Å². The van der Waals surface area contributed by atoms with Crippen LogP contribution in [0.2, 0.25) is 0 Å². The fraction of sp³-hybridized carbons (Fsp3) is 0.733. The van der Waals surface area contributed by atoms with Crippen molar-refractivity contribution in [2.45, 2.75) is 70.8 Å². The molecule has 1 aliphatic carbocycles. The zero-order valence-electron chi connectivity index (χ0n) is 11.1. The van der Waals surface area contributed by atoms with E-state index < -0.39 is 0 Å². The van der Waals surface area contributed by atoms with Gasteiger partial charge in [0, 0.05) is 18.5 Å². The van der Waals surface area contributed by atoms with Crippen molar-refractivity contribution in [3.05, 3.63) is 27.4 Å². The van der Waals surface area contributed by atoms with E-state index in [0.717, 1.165) is 55.7 Å². The Morgan fingerprint density at radius 3 is 2.50 bits per heavy atom. The molecule has 0 aromatic carbocycles. The van der Waals surface area contributed by atoms with Gasteiger partial charge in [0.1, 0.15) is 5.82 Å². The highest BCUT2D eigenvalue weighted by molar-refractivity contribution is 5.21. The Kier molecular flexibility index (Phi) is 3.48. The molecule has 0 spiro atoms. The number of aryl methyl sites for hydroxylation is 2. The van der Waals surface area contributed by atoms with Crippen LogP contribution in [0.25, 0.3) is 0 Å². The summed E-state index contributed by atoms with van der Waals surface area (Å²) in [4.78, 5) is 17.4. The van der Waals surface area contributed by atoms with E-state index in [1.165, 1.54) is 32.1 Å². The van der Waals surface area contributed by atoms with E-state index in [4.69, 9.17) is 4.98 Å². The van der Waals surface area contributed by atoms with Gasteiger partial charge in [-0.15, -0.1) is 0 Å². The van der Waals surface area contributed by atoms with Crippen molar-refractivity contribution in [2.24, 2.45) is 0 Å². The first-order valence-corrected chi connectivity index (χ1v) is 7.48. The van der Waals surface area contributed by atoms with Crippen LogP contribution in [0, 0.1) is 0 Å². The third-order valence-corrected chi connectivity index (χ3v) is 4.30. The third kappa shape index (κ3) is 2.23. The lowest BCUT2D eigenvalue weighted by atomic mass is 10.1. The summed E-state index contributed by atoms with van der Waals surface area (Å²) >= 11 is 0. The average molecular weight is 246 g/mol. The predicted molar refractivity (Wildman–Crippen MR) is 71.9 cm³/mol. The lowest BCUT2D eigenvalue weighted by Gasteiger charge is -2.18. The minimum absolute atomic E-state index is 0.277. The van der Waals surface area contributed by atoms with Crippen LogP contribution < -0.4 is 5.56 Å². The van der Waals surface area contributed by atoms with Crippen molar-refractivity contribution in [1.29, 1.82) is 0 Å². The Bertz CT molecular complexity index is 490. The van der Waals surface area contributed by atoms with Crippen LogP contribution in [0.4, 0.5) is 0 Å². The Morgan fingerprint density at radius 2 is 1.56 bits per heavy atom. The maximum atomic E-state index is 12.6. The smallest absolute Gasteiger partial charge is 0.256 e. The molecule has 3 nitrogen and oxygen atoms in total. The summed E-state index contributed by atoms with van der Waals surface area (Å²) in [7, 11) is 0. The maximum absolute atomic E-state index is 12.6. The molecule has 2 heterocycles. The highest BCUT2D eigenvalue weighted by atomic mass is 16.1. The minimum atomic E-state index is 0.277. The molecule has 1 aromatic heterocycles. The lowest BCUT2D eigenvalue weighted by molar-refractivity contribution is 0.490. The highest BCUT2D eigenvalue weighted by Gasteiger charge is 2.18. The number of hydrogen-bond acceptors (Lipinski definition) is 2. The number of nitrogens with zero attached hydrogens (tertiary/aromatic N) is 2. The first-order chi connectivity index (χ1) is 8.86. The zero-order chi connectivity index (χ0) is 12.4. The molecule has 0 N–H and O–H groups in total. The molecule has 0 radical (unpaired) electrons. The van der Waals surface area contributed by atoms with Crippen LogP contribution in [-0.4, -0.2) is 9.55 Å². The van der Waals surface area contributed by atoms with Crippen LogP contribution >= 0.6 is 0 Å². The van der Waals surface area contributed by atoms with E-state index in [9.17, 15) is 4.79 Å². The van der Waals surface area contributed by atoms with Crippen molar-refractivity contribution in [3.63, 3.8) is 0 Å². The summed E-state index contributed by atoms with van der Waals surface area (Å²) < 4.78 is 1.98. The number of fused-ring (bicyclic) bond motifs is 2. The van der Waals surface area contributed by atoms with Gasteiger partial charge in [0.15, 0.2) is 0 Å². The first kappa shape index (κ1) is 11.9. The molecule has 3 rings (SSSR count). The average Bonchev–Trinajstić information content (AvgIpc) is 2.57. The van der Waals surface area contributed by atoms with E-state index in [1.54, 1.807) is 0 Å². The topological polar surface area (TPSA) is 34.9 Å². The molecule has 1 aliphatic heterocycles. The van der Waals surface area contributed by atoms with Crippen LogP contribution in [-0.2, 0) is 25.8 Å². The third-order valence-electron chi connectivity index (χ3n) is 4.30. The summed E-state index contributed by atoms with van der Waals surface area (Å²) in [5, 5.41) is 0. The second-order valence-corrected chi connectivity index (χ2v) is 5.63. The van der Waals surface area contributed by atoms with Gasteiger partial charge in [-0.2, -0.15) is 0 Å². The summed E-state index contributed by atoms with van der Waals surface area (Å²) in [6.07, 6.45) is 11.4. The normalized spacial score (nSPS) is 20.2. The largest absolute Gasteiger partial charge is 0.296 e. The van der Waals surface area contributed by atoms with Crippen LogP contribution in [0.5, 0.6) is 0 Å². The molecule has 2 aliphatic rings. The van der Waals surface area contributed by atoms with Crippen molar-refractivity contribution in [3.8, 4) is 0 Å². The molecule has 18 heavy (non-hydrogen) atoms. The molecule has 0 saturated carbocycles. The maximum Gasteiger partial charge on any atom is 0.256 e. The van der Waals surface area contributed by atoms with Crippen LogP contribution in [0.3, 0.4) is 0 Å². The SMILES string of the molecule is O=c1c2c(nc3n1CCCCCC3)CCCCC2. The van der Waals surface area contributed by atoms with Crippen LogP contribution in [0.15, 0.2) is 4.79 Å². The molecule has 0 saturated heterocycles. The van der Waals surface area contributed by atoms with Crippen LogP contribution in [0.1, 0.15) is 62.0 Å². The molecular formula is C15H22N2O. The number of rotatable bonds is 0. The Hall–Kier alpha value is -1.12. The summed E-state index contributed by atoms with van der Waals surface area (Å²) in [5.74, 6) is 1.06. The van der Waals surface area contributed by atoms with Gasteiger partial charge < -0.3 is 0 Å². The molecule has 3 heteroatoms. The second kappa shape index (κ2) is 5.25. The van der Waals surface area contributed by atoms with Gasteiger partial charge in [-0.05, 0) is 38.5 Å². The fourth-order valence-electron chi connectivity index (χ4n) is 3.24. The van der Waals surface area contributed by atoms with Gasteiger partial charge in [-0.1, -0.05) is 19.3 Å². The lowest BCUT2D eigenvalue weighted by Crippen LogP contribution is -2.30. The molecule has 98 valence electrons. The monoisotopic (exact) mass is 246 g/mol. The highest BCUT2D eigenvalue weighted by Crippen LogP contribution is 2.18. The molecule has 0 atom stereocenters. The number of aromatic nitrogens is 2. The van der Waals surface area contributed by atoms with E-state index in [-0.39, 0.29) is 5.56 Å². The predicted octanol–water partition coefficient (Wildman–Crippen LogP) is 2.63. The molecule has 0 bridgehead atoms. The fourth-order valence-corrected chi connectivity index (χ4v) is 3.24. The second-order valence-electron chi connectivity index (χ2n) is 5.63. The summed E-state index contributed by atoms with van der Waals surface area (Å²) in [6.45, 7) is 0.883. The van der Waals surface area contributed by atoms with Gasteiger partial charge >= 0.3 is 0 Å². The summed E-state index contributed by atoms with van der Waals surface area (Å²) in [5.41, 5.74) is 2.42. The molecule has 0 fully saturated rings. The minimum Gasteiger partial charge on any atom is -0.296 e. The van der Waals surface area contributed by atoms with E-state index in [2.05, 4.69) is 0 Å². The molecule has 0 unspecified atom stereocenters. The van der Waals surface area contributed by atoms with E-state index >= 15 is 0 Å². The Labute approximate surface area is 108 Å². The number of hydrogen-bond donors (Lipinski definition) is 0. The van der Waals surface area contributed by atoms with Crippen molar-refractivity contribution in [2.75, 3.05) is 0 Å². The van der Waals surface area contributed by atoms with Gasteiger partial charge in [0.2, 0.25) is 0 Å². The summed E-state index contributed by atoms with van der Waals surface area (Å²) in [6, 6.07) is 0. The van der Waals surface area contributed by atoms with Gasteiger partial charge in [0.05, 0.1) is 5.69 Å². The Balaban J connectivity index is 2.08. The quantitative estimate of drug-likeness (QED) is 0.660.